The lowest BCUT2D eigenvalue weighted by Gasteiger charge is -2.56. The summed E-state index contributed by atoms with van der Waals surface area (Å²) in [4.78, 5) is 19.3. The van der Waals surface area contributed by atoms with E-state index in [9.17, 15) is 4.79 Å². The highest BCUT2D eigenvalue weighted by molar-refractivity contribution is 5.68. The zero-order chi connectivity index (χ0) is 20.6. The maximum absolute atomic E-state index is 12.3. The van der Waals surface area contributed by atoms with Crippen LogP contribution in [0.1, 0.15) is 46.5 Å². The molecule has 4 rings (SSSR count). The molecule has 1 aromatic rings. The predicted octanol–water partition coefficient (Wildman–Crippen LogP) is 3.57. The number of carbonyl (C=O) groups excluding carboxylic acids is 1. The molecular weight excluding hydrogens is 364 g/mol. The van der Waals surface area contributed by atoms with Gasteiger partial charge in [0.05, 0.1) is 0 Å². The molecule has 0 aromatic heterocycles. The molecule has 1 aromatic carbocycles. The number of nitrogens with zero attached hydrogens (tertiary/aromatic N) is 3. The second-order valence-electron chi connectivity index (χ2n) is 10.1. The van der Waals surface area contributed by atoms with E-state index in [1.165, 1.54) is 18.5 Å². The lowest BCUT2D eigenvalue weighted by molar-refractivity contribution is -0.0488. The summed E-state index contributed by atoms with van der Waals surface area (Å²) in [5.74, 6) is 0. The van der Waals surface area contributed by atoms with E-state index in [2.05, 4.69) is 21.9 Å². The van der Waals surface area contributed by atoms with Crippen molar-refractivity contribution in [3.05, 3.63) is 24.3 Å². The fraction of sp³-hybridized carbons (Fsp3) is 0.696. The number of rotatable bonds is 2. The van der Waals surface area contributed by atoms with E-state index < -0.39 is 5.60 Å². The molecule has 2 heterocycles. The SMILES string of the molecule is CC(C)(C)OC(=O)N1CCC2(CC1)CC(N1CCN(c3ccc(N)cc3)CC1)C2. The van der Waals surface area contributed by atoms with Gasteiger partial charge < -0.3 is 20.3 Å². The summed E-state index contributed by atoms with van der Waals surface area (Å²) in [5, 5.41) is 0. The highest BCUT2D eigenvalue weighted by Crippen LogP contribution is 2.51. The predicted molar refractivity (Wildman–Crippen MR) is 117 cm³/mol. The van der Waals surface area contributed by atoms with Crippen molar-refractivity contribution in [3.8, 4) is 0 Å². The number of anilines is 2. The first-order valence-corrected chi connectivity index (χ1v) is 11.1. The van der Waals surface area contributed by atoms with Crippen molar-refractivity contribution in [1.82, 2.24) is 9.80 Å². The van der Waals surface area contributed by atoms with Gasteiger partial charge in [-0.3, -0.25) is 4.90 Å². The van der Waals surface area contributed by atoms with E-state index in [0.717, 1.165) is 63.8 Å². The number of amides is 1. The Bertz CT molecular complexity index is 703. The Kier molecular flexibility index (Phi) is 5.40. The van der Waals surface area contributed by atoms with E-state index in [-0.39, 0.29) is 6.09 Å². The number of ether oxygens (including phenoxy) is 1. The Morgan fingerprint density at radius 1 is 1.00 bits per heavy atom. The van der Waals surface area contributed by atoms with E-state index in [1.807, 2.05) is 37.8 Å². The number of piperazine rings is 1. The number of nitrogens with two attached hydrogens (primary N) is 1. The van der Waals surface area contributed by atoms with Crippen LogP contribution in [0.5, 0.6) is 0 Å². The molecule has 0 bridgehead atoms. The molecule has 2 saturated heterocycles. The average Bonchev–Trinajstić information content (AvgIpc) is 2.66. The normalized spacial score (nSPS) is 23.1. The third-order valence-electron chi connectivity index (χ3n) is 6.90. The number of carbonyl (C=O) groups is 1. The summed E-state index contributed by atoms with van der Waals surface area (Å²) in [6.45, 7) is 11.9. The summed E-state index contributed by atoms with van der Waals surface area (Å²) in [6, 6.07) is 8.95. The lowest BCUT2D eigenvalue weighted by Crippen LogP contribution is -2.59. The van der Waals surface area contributed by atoms with Crippen molar-refractivity contribution < 1.29 is 9.53 Å². The number of hydrogen-bond acceptors (Lipinski definition) is 5. The molecule has 29 heavy (non-hydrogen) atoms. The van der Waals surface area contributed by atoms with Crippen LogP contribution in [-0.2, 0) is 4.74 Å². The number of nitrogen functional groups attached to an aromatic ring is 1. The third kappa shape index (κ3) is 4.63. The quantitative estimate of drug-likeness (QED) is 0.769. The molecule has 1 amide bonds. The minimum atomic E-state index is -0.414. The first-order chi connectivity index (χ1) is 13.7. The molecule has 2 aliphatic heterocycles. The summed E-state index contributed by atoms with van der Waals surface area (Å²) >= 11 is 0. The molecule has 0 atom stereocenters. The van der Waals surface area contributed by atoms with Crippen molar-refractivity contribution in [3.63, 3.8) is 0 Å². The molecule has 6 nitrogen and oxygen atoms in total. The van der Waals surface area contributed by atoms with Crippen LogP contribution in [0.4, 0.5) is 16.2 Å². The molecule has 160 valence electrons. The Morgan fingerprint density at radius 2 is 1.59 bits per heavy atom. The van der Waals surface area contributed by atoms with Crippen LogP contribution in [0.15, 0.2) is 24.3 Å². The molecule has 2 N–H and O–H groups in total. The fourth-order valence-corrected chi connectivity index (χ4v) is 5.13. The molecule has 1 saturated carbocycles. The van der Waals surface area contributed by atoms with E-state index >= 15 is 0 Å². The standard InChI is InChI=1S/C23H36N4O2/c1-22(2,3)29-21(28)27-10-8-23(9-11-27)16-20(17-23)26-14-12-25(13-15-26)19-6-4-18(24)5-7-19/h4-7,20H,8-17,24H2,1-3H3. The van der Waals surface area contributed by atoms with Gasteiger partial charge in [-0.1, -0.05) is 0 Å². The van der Waals surface area contributed by atoms with Crippen LogP contribution in [0.2, 0.25) is 0 Å². The van der Waals surface area contributed by atoms with Gasteiger partial charge in [-0.2, -0.15) is 0 Å². The number of benzene rings is 1. The molecule has 1 aliphatic carbocycles. The maximum atomic E-state index is 12.3. The Balaban J connectivity index is 1.21. The van der Waals surface area contributed by atoms with Crippen molar-refractivity contribution >= 4 is 17.5 Å². The van der Waals surface area contributed by atoms with Gasteiger partial charge in [0.15, 0.2) is 0 Å². The topological polar surface area (TPSA) is 62.0 Å². The van der Waals surface area contributed by atoms with Crippen LogP contribution in [0, 0.1) is 5.41 Å². The minimum Gasteiger partial charge on any atom is -0.444 e. The van der Waals surface area contributed by atoms with Gasteiger partial charge >= 0.3 is 6.09 Å². The van der Waals surface area contributed by atoms with Crippen LogP contribution in [0.3, 0.4) is 0 Å². The van der Waals surface area contributed by atoms with E-state index in [0.29, 0.717) is 5.41 Å². The summed E-state index contributed by atoms with van der Waals surface area (Å²) < 4.78 is 5.53. The third-order valence-corrected chi connectivity index (χ3v) is 6.90. The van der Waals surface area contributed by atoms with Crippen molar-refractivity contribution in [2.45, 2.75) is 58.1 Å². The van der Waals surface area contributed by atoms with Crippen molar-refractivity contribution in [2.24, 2.45) is 5.41 Å². The molecule has 0 radical (unpaired) electrons. The van der Waals surface area contributed by atoms with Gasteiger partial charge in [0.2, 0.25) is 0 Å². The molecule has 3 aliphatic rings. The van der Waals surface area contributed by atoms with E-state index in [1.54, 1.807) is 0 Å². The molecule has 3 fully saturated rings. The van der Waals surface area contributed by atoms with Crippen LogP contribution < -0.4 is 10.6 Å². The first kappa shape index (κ1) is 20.3. The van der Waals surface area contributed by atoms with Gasteiger partial charge in [-0.25, -0.2) is 4.79 Å². The highest BCUT2D eigenvalue weighted by atomic mass is 16.6. The largest absolute Gasteiger partial charge is 0.444 e. The van der Waals surface area contributed by atoms with Gasteiger partial charge in [0, 0.05) is 56.7 Å². The van der Waals surface area contributed by atoms with Gasteiger partial charge in [0.25, 0.3) is 0 Å². The van der Waals surface area contributed by atoms with Gasteiger partial charge in [-0.15, -0.1) is 0 Å². The van der Waals surface area contributed by atoms with Crippen LogP contribution >= 0.6 is 0 Å². The summed E-state index contributed by atoms with van der Waals surface area (Å²) in [7, 11) is 0. The molecular formula is C23H36N4O2. The number of likely N-dealkylation sites (tertiary alicyclic amines) is 1. The molecule has 1 spiro atoms. The number of hydrogen-bond donors (Lipinski definition) is 1. The average molecular weight is 401 g/mol. The zero-order valence-corrected chi connectivity index (χ0v) is 18.2. The zero-order valence-electron chi connectivity index (χ0n) is 18.2. The maximum Gasteiger partial charge on any atom is 0.410 e. The number of piperidine rings is 1. The second kappa shape index (κ2) is 7.71. The van der Waals surface area contributed by atoms with Gasteiger partial charge in [0.1, 0.15) is 5.60 Å². The summed E-state index contributed by atoms with van der Waals surface area (Å²) in [5.41, 5.74) is 7.95. The fourth-order valence-electron chi connectivity index (χ4n) is 5.13. The van der Waals surface area contributed by atoms with E-state index in [4.69, 9.17) is 10.5 Å². The summed E-state index contributed by atoms with van der Waals surface area (Å²) in [6.07, 6.45) is 4.66. The molecule has 0 unspecified atom stereocenters. The smallest absolute Gasteiger partial charge is 0.410 e. The van der Waals surface area contributed by atoms with Crippen molar-refractivity contribution in [1.29, 1.82) is 0 Å². The van der Waals surface area contributed by atoms with Crippen LogP contribution in [-0.4, -0.2) is 66.8 Å². The first-order valence-electron chi connectivity index (χ1n) is 11.1. The Hall–Kier alpha value is -1.95. The highest BCUT2D eigenvalue weighted by Gasteiger charge is 2.48. The van der Waals surface area contributed by atoms with Crippen molar-refractivity contribution in [2.75, 3.05) is 49.9 Å². The van der Waals surface area contributed by atoms with Crippen LogP contribution in [0.25, 0.3) is 0 Å². The minimum absolute atomic E-state index is 0.151. The lowest BCUT2D eigenvalue weighted by atomic mass is 9.60. The Labute approximate surface area is 175 Å². The van der Waals surface area contributed by atoms with Gasteiger partial charge in [-0.05, 0) is 76.1 Å². The monoisotopic (exact) mass is 400 g/mol. The Morgan fingerprint density at radius 3 is 2.14 bits per heavy atom. The molecule has 6 heteroatoms. The second-order valence-corrected chi connectivity index (χ2v) is 10.1.